The van der Waals surface area contributed by atoms with Gasteiger partial charge in [0.05, 0.1) is 6.54 Å². The highest BCUT2D eigenvalue weighted by molar-refractivity contribution is 5.78. The number of ether oxygens (including phenoxy) is 1. The lowest BCUT2D eigenvalue weighted by atomic mass is 9.97. The van der Waals surface area contributed by atoms with Gasteiger partial charge in [-0.05, 0) is 18.9 Å². The minimum Gasteiger partial charge on any atom is -0.492 e. The van der Waals surface area contributed by atoms with E-state index in [0.717, 1.165) is 49.6 Å². The average Bonchev–Trinajstić information content (AvgIpc) is 2.99. The van der Waals surface area contributed by atoms with Gasteiger partial charge in [-0.3, -0.25) is 9.69 Å². The van der Waals surface area contributed by atoms with Crippen molar-refractivity contribution in [1.29, 1.82) is 0 Å². The molecule has 0 bridgehead atoms. The third-order valence-electron chi connectivity index (χ3n) is 5.07. The van der Waals surface area contributed by atoms with Crippen LogP contribution in [0.25, 0.3) is 0 Å². The first-order chi connectivity index (χ1) is 12.7. The van der Waals surface area contributed by atoms with Crippen molar-refractivity contribution in [3.05, 3.63) is 41.5 Å². The Balaban J connectivity index is 1.38. The summed E-state index contributed by atoms with van der Waals surface area (Å²) in [5.41, 5.74) is 1.14. The van der Waals surface area contributed by atoms with Crippen LogP contribution in [0.3, 0.4) is 0 Å². The zero-order chi connectivity index (χ0) is 17.9. The van der Waals surface area contributed by atoms with Gasteiger partial charge in [-0.15, -0.1) is 0 Å². The summed E-state index contributed by atoms with van der Waals surface area (Å²) in [5.74, 6) is 2.55. The molecule has 7 nitrogen and oxygen atoms in total. The quantitative estimate of drug-likeness (QED) is 0.837. The molecule has 2 aromatic rings. The maximum absolute atomic E-state index is 12.9. The van der Waals surface area contributed by atoms with Crippen LogP contribution >= 0.6 is 0 Å². The molecule has 3 heterocycles. The van der Waals surface area contributed by atoms with Gasteiger partial charge in [0.15, 0.2) is 5.82 Å². The van der Waals surface area contributed by atoms with Gasteiger partial charge in [-0.25, -0.2) is 0 Å². The van der Waals surface area contributed by atoms with Crippen LogP contribution in [0, 0.1) is 6.92 Å². The van der Waals surface area contributed by atoms with Crippen LogP contribution in [0.5, 0.6) is 5.75 Å². The number of hydrogen-bond acceptors (Lipinski definition) is 6. The minimum atomic E-state index is 0.161. The summed E-state index contributed by atoms with van der Waals surface area (Å²) in [7, 11) is 0. The number of likely N-dealkylation sites (tertiary alicyclic amines) is 1. The zero-order valence-corrected chi connectivity index (χ0v) is 15.1. The second-order valence-electron chi connectivity index (χ2n) is 7.02. The van der Waals surface area contributed by atoms with E-state index in [-0.39, 0.29) is 11.8 Å². The molecular formula is C19H24N4O3. The molecule has 0 spiro atoms. The molecule has 0 radical (unpaired) electrons. The Morgan fingerprint density at radius 2 is 2.19 bits per heavy atom. The Labute approximate surface area is 152 Å². The largest absolute Gasteiger partial charge is 0.492 e. The standard InChI is InChI=1S/C19H24N4O3/c1-14-20-19(21-26-14)16-6-4-8-23(12-16)18(24)13-22-9-10-25-17-7-3-2-5-15(17)11-22/h2-3,5,7,16H,4,6,8-13H2,1H3. The summed E-state index contributed by atoms with van der Waals surface area (Å²) in [6, 6.07) is 8.04. The number of nitrogens with zero attached hydrogens (tertiary/aromatic N) is 4. The van der Waals surface area contributed by atoms with Crippen molar-refractivity contribution in [3.63, 3.8) is 0 Å². The molecule has 1 atom stereocenters. The molecule has 0 aliphatic carbocycles. The third kappa shape index (κ3) is 3.72. The van der Waals surface area contributed by atoms with Gasteiger partial charge in [0.1, 0.15) is 12.4 Å². The number of carbonyl (C=O) groups excluding carboxylic acids is 1. The van der Waals surface area contributed by atoms with Crippen molar-refractivity contribution >= 4 is 5.91 Å². The molecule has 1 aromatic carbocycles. The number of hydrogen-bond donors (Lipinski definition) is 0. The molecule has 1 unspecified atom stereocenters. The number of fused-ring (bicyclic) bond motifs is 1. The first kappa shape index (κ1) is 17.0. The van der Waals surface area contributed by atoms with Crippen molar-refractivity contribution in [1.82, 2.24) is 19.9 Å². The van der Waals surface area contributed by atoms with Crippen LogP contribution < -0.4 is 4.74 Å². The Morgan fingerprint density at radius 1 is 1.31 bits per heavy atom. The maximum Gasteiger partial charge on any atom is 0.236 e. The van der Waals surface area contributed by atoms with E-state index in [4.69, 9.17) is 9.26 Å². The normalized spacial score (nSPS) is 21.0. The van der Waals surface area contributed by atoms with Crippen LogP contribution in [-0.2, 0) is 11.3 Å². The molecule has 0 saturated carbocycles. The lowest BCUT2D eigenvalue weighted by Gasteiger charge is -2.33. The number of rotatable bonds is 3. The molecule has 1 saturated heterocycles. The molecule has 1 amide bonds. The van der Waals surface area contributed by atoms with Gasteiger partial charge in [-0.2, -0.15) is 4.98 Å². The van der Waals surface area contributed by atoms with Crippen LogP contribution in [0.15, 0.2) is 28.8 Å². The lowest BCUT2D eigenvalue weighted by molar-refractivity contribution is -0.133. The molecule has 26 heavy (non-hydrogen) atoms. The fourth-order valence-corrected chi connectivity index (χ4v) is 3.70. The Morgan fingerprint density at radius 3 is 3.04 bits per heavy atom. The predicted octanol–water partition coefficient (Wildman–Crippen LogP) is 1.98. The summed E-state index contributed by atoms with van der Waals surface area (Å²) in [6.45, 7) is 5.77. The fraction of sp³-hybridized carbons (Fsp3) is 0.526. The van der Waals surface area contributed by atoms with Gasteiger partial charge in [0.25, 0.3) is 0 Å². The number of para-hydroxylation sites is 1. The highest BCUT2D eigenvalue weighted by Crippen LogP contribution is 2.26. The van der Waals surface area contributed by atoms with Crippen LogP contribution in [-0.4, -0.2) is 58.6 Å². The third-order valence-corrected chi connectivity index (χ3v) is 5.07. The molecule has 2 aliphatic heterocycles. The van der Waals surface area contributed by atoms with Gasteiger partial charge in [0, 0.05) is 44.6 Å². The molecule has 1 aromatic heterocycles. The van der Waals surface area contributed by atoms with Crippen molar-refractivity contribution in [2.45, 2.75) is 32.2 Å². The second kappa shape index (κ2) is 7.45. The Hall–Kier alpha value is -2.41. The first-order valence-electron chi connectivity index (χ1n) is 9.20. The zero-order valence-electron chi connectivity index (χ0n) is 15.1. The van der Waals surface area contributed by atoms with Crippen molar-refractivity contribution in [3.8, 4) is 5.75 Å². The molecular weight excluding hydrogens is 332 g/mol. The predicted molar refractivity (Wildman–Crippen MR) is 94.8 cm³/mol. The Bertz CT molecular complexity index is 776. The maximum atomic E-state index is 12.9. The Kier molecular flexibility index (Phi) is 4.88. The van der Waals surface area contributed by atoms with Crippen molar-refractivity contribution in [2.75, 3.05) is 32.8 Å². The van der Waals surface area contributed by atoms with E-state index in [9.17, 15) is 4.79 Å². The van der Waals surface area contributed by atoms with Gasteiger partial charge in [0.2, 0.25) is 11.8 Å². The first-order valence-corrected chi connectivity index (χ1v) is 9.20. The monoisotopic (exact) mass is 356 g/mol. The van der Waals surface area contributed by atoms with E-state index in [2.05, 4.69) is 21.1 Å². The summed E-state index contributed by atoms with van der Waals surface area (Å²) in [4.78, 5) is 21.3. The van der Waals surface area contributed by atoms with Crippen LogP contribution in [0.1, 0.15) is 36.0 Å². The van der Waals surface area contributed by atoms with Crippen molar-refractivity contribution in [2.24, 2.45) is 0 Å². The molecule has 1 fully saturated rings. The van der Waals surface area contributed by atoms with Gasteiger partial charge in [-0.1, -0.05) is 23.4 Å². The van der Waals surface area contributed by atoms with E-state index < -0.39 is 0 Å². The summed E-state index contributed by atoms with van der Waals surface area (Å²) in [5, 5.41) is 4.04. The summed E-state index contributed by atoms with van der Waals surface area (Å²) >= 11 is 0. The fourth-order valence-electron chi connectivity index (χ4n) is 3.70. The molecule has 7 heteroatoms. The highest BCUT2D eigenvalue weighted by Gasteiger charge is 2.29. The second-order valence-corrected chi connectivity index (χ2v) is 7.02. The molecule has 2 aliphatic rings. The SMILES string of the molecule is Cc1nc(C2CCCN(C(=O)CN3CCOc4ccccc4C3)C2)no1. The number of benzene rings is 1. The average molecular weight is 356 g/mol. The highest BCUT2D eigenvalue weighted by atomic mass is 16.5. The van der Waals surface area contributed by atoms with Crippen LogP contribution in [0.2, 0.25) is 0 Å². The number of amides is 1. The topological polar surface area (TPSA) is 71.7 Å². The molecule has 0 N–H and O–H groups in total. The molecule has 4 rings (SSSR count). The van der Waals surface area contributed by atoms with E-state index >= 15 is 0 Å². The summed E-state index contributed by atoms with van der Waals surface area (Å²) in [6.07, 6.45) is 1.96. The van der Waals surface area contributed by atoms with E-state index in [1.807, 2.05) is 23.1 Å². The van der Waals surface area contributed by atoms with E-state index in [1.165, 1.54) is 0 Å². The number of piperidine rings is 1. The van der Waals surface area contributed by atoms with Crippen molar-refractivity contribution < 1.29 is 14.1 Å². The number of aromatic nitrogens is 2. The minimum absolute atomic E-state index is 0.161. The number of carbonyl (C=O) groups is 1. The van der Waals surface area contributed by atoms with Gasteiger partial charge < -0.3 is 14.2 Å². The summed E-state index contributed by atoms with van der Waals surface area (Å²) < 4.78 is 10.9. The number of aryl methyl sites for hydroxylation is 1. The van der Waals surface area contributed by atoms with E-state index in [0.29, 0.717) is 25.6 Å². The lowest BCUT2D eigenvalue weighted by Crippen LogP contribution is -2.45. The van der Waals surface area contributed by atoms with Gasteiger partial charge >= 0.3 is 0 Å². The molecule has 138 valence electrons. The smallest absolute Gasteiger partial charge is 0.236 e. The van der Waals surface area contributed by atoms with E-state index in [1.54, 1.807) is 6.92 Å². The van der Waals surface area contributed by atoms with Crippen LogP contribution in [0.4, 0.5) is 0 Å².